The van der Waals surface area contributed by atoms with Crippen LogP contribution in [-0.4, -0.2) is 39.7 Å². The van der Waals surface area contributed by atoms with Crippen molar-refractivity contribution in [3.63, 3.8) is 0 Å². The highest BCUT2D eigenvalue weighted by molar-refractivity contribution is 5.74. The van der Waals surface area contributed by atoms with Crippen LogP contribution in [0.25, 0.3) is 11.0 Å². The molecular weight excluding hydrogens is 266 g/mol. The molecule has 21 heavy (non-hydrogen) atoms. The van der Waals surface area contributed by atoms with E-state index in [1.165, 1.54) is 0 Å². The second kappa shape index (κ2) is 5.24. The minimum absolute atomic E-state index is 0.0176. The van der Waals surface area contributed by atoms with Crippen LogP contribution in [0.15, 0.2) is 29.1 Å². The van der Waals surface area contributed by atoms with Gasteiger partial charge >= 0.3 is 0 Å². The zero-order valence-corrected chi connectivity index (χ0v) is 12.8. The lowest BCUT2D eigenvalue weighted by Gasteiger charge is -2.41. The Morgan fingerprint density at radius 3 is 2.86 bits per heavy atom. The largest absolute Gasteiger partial charge is 0.378 e. The normalized spacial score (nSPS) is 19.0. The van der Waals surface area contributed by atoms with Gasteiger partial charge in [-0.3, -0.25) is 9.69 Å². The smallest absolute Gasteiger partial charge is 0.273 e. The second-order valence-corrected chi connectivity index (χ2v) is 6.20. The molecule has 0 spiro atoms. The molecule has 1 fully saturated rings. The van der Waals surface area contributed by atoms with Crippen molar-refractivity contribution in [2.75, 3.05) is 19.8 Å². The van der Waals surface area contributed by atoms with Gasteiger partial charge in [-0.05, 0) is 26.0 Å². The van der Waals surface area contributed by atoms with Crippen LogP contribution in [0.5, 0.6) is 0 Å². The number of hydrogen-bond acceptors (Lipinski definition) is 4. The topological polar surface area (TPSA) is 47.4 Å². The second-order valence-electron chi connectivity index (χ2n) is 6.20. The molecular formula is C16H21N3O2. The lowest BCUT2D eigenvalue weighted by atomic mass is 10.0. The SMILES string of the molecule is Cn1c(=O)c(CN2CCOCC2(C)C)nc2ccccc21. The van der Waals surface area contributed by atoms with Gasteiger partial charge in [0.15, 0.2) is 0 Å². The van der Waals surface area contributed by atoms with E-state index >= 15 is 0 Å². The van der Waals surface area contributed by atoms with E-state index in [1.807, 2.05) is 24.3 Å². The fourth-order valence-electron chi connectivity index (χ4n) is 2.81. The van der Waals surface area contributed by atoms with Crippen LogP contribution in [-0.2, 0) is 18.3 Å². The molecule has 1 aliphatic heterocycles. The fraction of sp³-hybridized carbons (Fsp3) is 0.500. The van der Waals surface area contributed by atoms with E-state index in [2.05, 4.69) is 23.7 Å². The zero-order valence-electron chi connectivity index (χ0n) is 12.8. The third-order valence-corrected chi connectivity index (χ3v) is 4.21. The van der Waals surface area contributed by atoms with Gasteiger partial charge in [0.05, 0.1) is 24.2 Å². The minimum atomic E-state index is -0.0728. The Kier molecular flexibility index (Phi) is 3.55. The first-order valence-electron chi connectivity index (χ1n) is 7.26. The molecule has 5 heteroatoms. The van der Waals surface area contributed by atoms with Crippen molar-refractivity contribution in [1.29, 1.82) is 0 Å². The number of benzene rings is 1. The van der Waals surface area contributed by atoms with Crippen molar-refractivity contribution in [3.05, 3.63) is 40.3 Å². The van der Waals surface area contributed by atoms with Crippen molar-refractivity contribution >= 4 is 11.0 Å². The standard InChI is InChI=1S/C16H21N3O2/c1-16(2)11-21-9-8-19(16)10-13-15(20)18(3)14-7-5-4-6-12(14)17-13/h4-7H,8-11H2,1-3H3. The highest BCUT2D eigenvalue weighted by Crippen LogP contribution is 2.20. The lowest BCUT2D eigenvalue weighted by molar-refractivity contribution is -0.0559. The van der Waals surface area contributed by atoms with Crippen LogP contribution in [0.4, 0.5) is 0 Å². The monoisotopic (exact) mass is 287 g/mol. The van der Waals surface area contributed by atoms with Gasteiger partial charge in [0.2, 0.25) is 0 Å². The van der Waals surface area contributed by atoms with Gasteiger partial charge in [-0.2, -0.15) is 0 Å². The van der Waals surface area contributed by atoms with E-state index in [0.29, 0.717) is 25.5 Å². The Morgan fingerprint density at radius 1 is 1.33 bits per heavy atom. The van der Waals surface area contributed by atoms with Crippen LogP contribution >= 0.6 is 0 Å². The van der Waals surface area contributed by atoms with Crippen molar-refractivity contribution < 1.29 is 4.74 Å². The van der Waals surface area contributed by atoms with E-state index in [1.54, 1.807) is 11.6 Å². The van der Waals surface area contributed by atoms with Crippen molar-refractivity contribution in [1.82, 2.24) is 14.5 Å². The lowest BCUT2D eigenvalue weighted by Crippen LogP contribution is -2.53. The van der Waals surface area contributed by atoms with Crippen LogP contribution in [0, 0.1) is 0 Å². The number of hydrogen-bond donors (Lipinski definition) is 0. The summed E-state index contributed by atoms with van der Waals surface area (Å²) in [5.41, 5.74) is 2.24. The van der Waals surface area contributed by atoms with Gasteiger partial charge in [-0.25, -0.2) is 4.98 Å². The Bertz CT molecular complexity index is 721. The summed E-state index contributed by atoms with van der Waals surface area (Å²) in [6.07, 6.45) is 0. The molecule has 5 nitrogen and oxygen atoms in total. The molecule has 1 aromatic carbocycles. The van der Waals surface area contributed by atoms with Gasteiger partial charge in [0.25, 0.3) is 5.56 Å². The van der Waals surface area contributed by atoms with E-state index in [0.717, 1.165) is 17.6 Å². The van der Waals surface area contributed by atoms with Crippen LogP contribution in [0.3, 0.4) is 0 Å². The molecule has 1 aliphatic rings. The van der Waals surface area contributed by atoms with Gasteiger partial charge < -0.3 is 9.30 Å². The maximum absolute atomic E-state index is 12.5. The van der Waals surface area contributed by atoms with Gasteiger partial charge in [-0.1, -0.05) is 12.1 Å². The summed E-state index contributed by atoms with van der Waals surface area (Å²) >= 11 is 0. The third-order valence-electron chi connectivity index (χ3n) is 4.21. The molecule has 1 aromatic heterocycles. The molecule has 0 bridgehead atoms. The predicted molar refractivity (Wildman–Crippen MR) is 82.3 cm³/mol. The van der Waals surface area contributed by atoms with Crippen LogP contribution in [0.1, 0.15) is 19.5 Å². The number of morpholine rings is 1. The number of para-hydroxylation sites is 2. The van der Waals surface area contributed by atoms with Crippen molar-refractivity contribution in [2.24, 2.45) is 7.05 Å². The highest BCUT2D eigenvalue weighted by atomic mass is 16.5. The molecule has 0 amide bonds. The summed E-state index contributed by atoms with van der Waals surface area (Å²) in [5, 5.41) is 0. The number of ether oxygens (including phenoxy) is 1. The highest BCUT2D eigenvalue weighted by Gasteiger charge is 2.31. The Balaban J connectivity index is 2.01. The first-order chi connectivity index (χ1) is 9.99. The Morgan fingerprint density at radius 2 is 2.10 bits per heavy atom. The molecule has 1 saturated heterocycles. The molecule has 0 aliphatic carbocycles. The third kappa shape index (κ3) is 2.59. The average molecular weight is 287 g/mol. The van der Waals surface area contributed by atoms with Gasteiger partial charge in [0.1, 0.15) is 5.69 Å². The minimum Gasteiger partial charge on any atom is -0.378 e. The summed E-state index contributed by atoms with van der Waals surface area (Å²) in [5.74, 6) is 0. The quantitative estimate of drug-likeness (QED) is 0.841. The van der Waals surface area contributed by atoms with Crippen LogP contribution in [0.2, 0.25) is 0 Å². The number of rotatable bonds is 2. The summed E-state index contributed by atoms with van der Waals surface area (Å²) in [7, 11) is 1.81. The van der Waals surface area contributed by atoms with Crippen LogP contribution < -0.4 is 5.56 Å². The Labute approximate surface area is 124 Å². The fourth-order valence-corrected chi connectivity index (χ4v) is 2.81. The average Bonchev–Trinajstić information content (AvgIpc) is 2.46. The molecule has 2 heterocycles. The number of fused-ring (bicyclic) bond motifs is 1. The number of aryl methyl sites for hydroxylation is 1. The Hall–Kier alpha value is -1.72. The first kappa shape index (κ1) is 14.2. The number of nitrogens with zero attached hydrogens (tertiary/aromatic N) is 3. The van der Waals surface area contributed by atoms with E-state index in [9.17, 15) is 4.79 Å². The van der Waals surface area contributed by atoms with Gasteiger partial charge in [-0.15, -0.1) is 0 Å². The predicted octanol–water partition coefficient (Wildman–Crippen LogP) is 1.54. The first-order valence-corrected chi connectivity index (χ1v) is 7.26. The summed E-state index contributed by atoms with van der Waals surface area (Å²) in [6, 6.07) is 7.74. The summed E-state index contributed by atoms with van der Waals surface area (Å²) < 4.78 is 7.22. The molecule has 0 unspecified atom stereocenters. The summed E-state index contributed by atoms with van der Waals surface area (Å²) in [6.45, 7) is 7.05. The van der Waals surface area contributed by atoms with Crippen molar-refractivity contribution in [3.8, 4) is 0 Å². The zero-order chi connectivity index (χ0) is 15.0. The van der Waals surface area contributed by atoms with E-state index in [4.69, 9.17) is 4.74 Å². The molecule has 0 radical (unpaired) electrons. The van der Waals surface area contributed by atoms with Gasteiger partial charge in [0, 0.05) is 25.7 Å². The molecule has 0 saturated carbocycles. The molecule has 2 aromatic rings. The number of aromatic nitrogens is 2. The van der Waals surface area contributed by atoms with Crippen molar-refractivity contribution in [2.45, 2.75) is 25.9 Å². The molecule has 0 N–H and O–H groups in total. The maximum atomic E-state index is 12.5. The van der Waals surface area contributed by atoms with E-state index in [-0.39, 0.29) is 11.1 Å². The summed E-state index contributed by atoms with van der Waals surface area (Å²) in [4.78, 5) is 19.4. The molecule has 0 atom stereocenters. The molecule has 3 rings (SSSR count). The maximum Gasteiger partial charge on any atom is 0.273 e. The molecule has 112 valence electrons. The van der Waals surface area contributed by atoms with E-state index < -0.39 is 0 Å².